The zero-order valence-electron chi connectivity index (χ0n) is 10.8. The van der Waals surface area contributed by atoms with Crippen molar-refractivity contribution in [2.75, 3.05) is 40.3 Å². The molecule has 94 valence electrons. The average Bonchev–Trinajstić information content (AvgIpc) is 2.28. The molecule has 1 unspecified atom stereocenters. The van der Waals surface area contributed by atoms with Crippen molar-refractivity contribution in [3.8, 4) is 0 Å². The lowest BCUT2D eigenvalue weighted by atomic mass is 9.97. The summed E-state index contributed by atoms with van der Waals surface area (Å²) in [6.45, 7) is 5.87. The summed E-state index contributed by atoms with van der Waals surface area (Å²) in [5.74, 6) is 0.909. The highest BCUT2D eigenvalue weighted by atomic mass is 16.1. The van der Waals surface area contributed by atoms with Crippen LogP contribution in [0.1, 0.15) is 19.8 Å². The Labute approximate surface area is 98.8 Å². The number of carbonyl (C=O) groups is 1. The molecule has 1 amide bonds. The van der Waals surface area contributed by atoms with E-state index in [1.807, 2.05) is 14.0 Å². The van der Waals surface area contributed by atoms with Gasteiger partial charge in [-0.15, -0.1) is 0 Å². The zero-order chi connectivity index (χ0) is 12.0. The molecule has 0 bridgehead atoms. The van der Waals surface area contributed by atoms with Crippen LogP contribution in [0.5, 0.6) is 0 Å². The number of hydrogen-bond acceptors (Lipinski definition) is 3. The second-order valence-corrected chi connectivity index (χ2v) is 4.95. The Bertz CT molecular complexity index is 212. The van der Waals surface area contributed by atoms with Crippen LogP contribution in [-0.4, -0.2) is 51.1 Å². The molecule has 4 heteroatoms. The predicted octanol–water partition coefficient (Wildman–Crippen LogP) is 0.300. The lowest BCUT2D eigenvalue weighted by Crippen LogP contribution is -2.40. The summed E-state index contributed by atoms with van der Waals surface area (Å²) < 4.78 is 0. The quantitative estimate of drug-likeness (QED) is 0.710. The largest absolute Gasteiger partial charge is 0.356 e. The summed E-state index contributed by atoms with van der Waals surface area (Å²) in [6.07, 6.45) is 2.41. The standard InChI is InChI=1S/C12H25N3O/c1-10(8-13-2)12(16)14-9-11-4-6-15(3)7-5-11/h10-11,13H,4-9H2,1-3H3,(H,14,16). The van der Waals surface area contributed by atoms with Crippen molar-refractivity contribution in [1.29, 1.82) is 0 Å². The number of nitrogens with zero attached hydrogens (tertiary/aromatic N) is 1. The van der Waals surface area contributed by atoms with E-state index in [2.05, 4.69) is 22.6 Å². The lowest BCUT2D eigenvalue weighted by molar-refractivity contribution is -0.124. The third-order valence-electron chi connectivity index (χ3n) is 3.36. The van der Waals surface area contributed by atoms with E-state index in [1.165, 1.54) is 12.8 Å². The molecule has 0 saturated carbocycles. The fourth-order valence-corrected chi connectivity index (χ4v) is 2.08. The SMILES string of the molecule is CNCC(C)C(=O)NCC1CCN(C)CC1. The maximum atomic E-state index is 11.7. The Balaban J connectivity index is 2.16. The minimum Gasteiger partial charge on any atom is -0.356 e. The molecule has 0 spiro atoms. The van der Waals surface area contributed by atoms with E-state index in [1.54, 1.807) is 0 Å². The highest BCUT2D eigenvalue weighted by molar-refractivity contribution is 5.78. The Hall–Kier alpha value is -0.610. The number of amides is 1. The molecule has 16 heavy (non-hydrogen) atoms. The van der Waals surface area contributed by atoms with E-state index < -0.39 is 0 Å². The van der Waals surface area contributed by atoms with E-state index in [9.17, 15) is 4.79 Å². The van der Waals surface area contributed by atoms with Crippen LogP contribution in [0.4, 0.5) is 0 Å². The fourth-order valence-electron chi connectivity index (χ4n) is 2.08. The van der Waals surface area contributed by atoms with Crippen LogP contribution in [0.15, 0.2) is 0 Å². The number of carbonyl (C=O) groups excluding carboxylic acids is 1. The summed E-state index contributed by atoms with van der Waals surface area (Å²) in [5, 5.41) is 6.08. The van der Waals surface area contributed by atoms with Gasteiger partial charge in [-0.1, -0.05) is 6.92 Å². The van der Waals surface area contributed by atoms with Gasteiger partial charge in [0.1, 0.15) is 0 Å². The molecular weight excluding hydrogens is 202 g/mol. The molecule has 0 aliphatic carbocycles. The molecule has 1 aliphatic heterocycles. The van der Waals surface area contributed by atoms with Gasteiger partial charge in [0.05, 0.1) is 0 Å². The van der Waals surface area contributed by atoms with Gasteiger partial charge < -0.3 is 15.5 Å². The Morgan fingerprint density at radius 1 is 1.44 bits per heavy atom. The second-order valence-electron chi connectivity index (χ2n) is 4.95. The van der Waals surface area contributed by atoms with Crippen LogP contribution in [-0.2, 0) is 4.79 Å². The van der Waals surface area contributed by atoms with Crippen molar-refractivity contribution in [2.24, 2.45) is 11.8 Å². The monoisotopic (exact) mass is 227 g/mol. The van der Waals surface area contributed by atoms with Crippen LogP contribution in [0.25, 0.3) is 0 Å². The summed E-state index contributed by atoms with van der Waals surface area (Å²) in [7, 11) is 4.03. The van der Waals surface area contributed by atoms with E-state index in [0.717, 1.165) is 26.2 Å². The van der Waals surface area contributed by atoms with Crippen LogP contribution >= 0.6 is 0 Å². The molecule has 1 saturated heterocycles. The maximum Gasteiger partial charge on any atom is 0.224 e. The zero-order valence-corrected chi connectivity index (χ0v) is 10.8. The molecule has 1 atom stereocenters. The van der Waals surface area contributed by atoms with Crippen LogP contribution < -0.4 is 10.6 Å². The first-order valence-corrected chi connectivity index (χ1v) is 6.24. The van der Waals surface area contributed by atoms with Gasteiger partial charge in [-0.2, -0.15) is 0 Å². The van der Waals surface area contributed by atoms with Gasteiger partial charge in [-0.25, -0.2) is 0 Å². The maximum absolute atomic E-state index is 11.7. The Kier molecular flexibility index (Phi) is 5.77. The number of hydrogen-bond donors (Lipinski definition) is 2. The van der Waals surface area contributed by atoms with Crippen molar-refractivity contribution in [3.05, 3.63) is 0 Å². The first-order valence-electron chi connectivity index (χ1n) is 6.24. The van der Waals surface area contributed by atoms with Gasteiger partial charge in [-0.3, -0.25) is 4.79 Å². The number of nitrogens with one attached hydrogen (secondary N) is 2. The number of rotatable bonds is 5. The van der Waals surface area contributed by atoms with Crippen molar-refractivity contribution in [3.63, 3.8) is 0 Å². The second kappa shape index (κ2) is 6.86. The van der Waals surface area contributed by atoms with Gasteiger partial charge in [-0.05, 0) is 45.9 Å². The van der Waals surface area contributed by atoms with Crippen molar-refractivity contribution < 1.29 is 4.79 Å². The molecule has 1 rings (SSSR count). The molecule has 2 N–H and O–H groups in total. The molecule has 1 aliphatic rings. The predicted molar refractivity (Wildman–Crippen MR) is 66.3 cm³/mol. The molecule has 4 nitrogen and oxygen atoms in total. The highest BCUT2D eigenvalue weighted by Gasteiger charge is 2.18. The van der Waals surface area contributed by atoms with Crippen LogP contribution in [0, 0.1) is 11.8 Å². The average molecular weight is 227 g/mol. The van der Waals surface area contributed by atoms with E-state index in [0.29, 0.717) is 5.92 Å². The van der Waals surface area contributed by atoms with Gasteiger partial charge in [0, 0.05) is 19.0 Å². The van der Waals surface area contributed by atoms with Crippen molar-refractivity contribution in [1.82, 2.24) is 15.5 Å². The molecule has 1 fully saturated rings. The summed E-state index contributed by atoms with van der Waals surface area (Å²) in [4.78, 5) is 14.0. The van der Waals surface area contributed by atoms with Crippen LogP contribution in [0.3, 0.4) is 0 Å². The van der Waals surface area contributed by atoms with Crippen LogP contribution in [0.2, 0.25) is 0 Å². The van der Waals surface area contributed by atoms with Gasteiger partial charge in [0.25, 0.3) is 0 Å². The smallest absolute Gasteiger partial charge is 0.224 e. The number of likely N-dealkylation sites (tertiary alicyclic amines) is 1. The first kappa shape index (κ1) is 13.5. The van der Waals surface area contributed by atoms with E-state index >= 15 is 0 Å². The van der Waals surface area contributed by atoms with Crippen molar-refractivity contribution in [2.45, 2.75) is 19.8 Å². The van der Waals surface area contributed by atoms with E-state index in [4.69, 9.17) is 0 Å². The fraction of sp³-hybridized carbons (Fsp3) is 0.917. The highest BCUT2D eigenvalue weighted by Crippen LogP contribution is 2.14. The third-order valence-corrected chi connectivity index (χ3v) is 3.36. The number of piperidine rings is 1. The molecule has 1 heterocycles. The molecule has 0 aromatic rings. The minimum absolute atomic E-state index is 0.0660. The topological polar surface area (TPSA) is 44.4 Å². The molecule has 0 aromatic heterocycles. The van der Waals surface area contributed by atoms with Crippen molar-refractivity contribution >= 4 is 5.91 Å². The summed E-state index contributed by atoms with van der Waals surface area (Å²) in [5.41, 5.74) is 0. The molecular formula is C12H25N3O. The normalized spacial score (nSPS) is 20.7. The first-order chi connectivity index (χ1) is 7.63. The minimum atomic E-state index is 0.0660. The summed E-state index contributed by atoms with van der Waals surface area (Å²) in [6, 6.07) is 0. The molecule has 0 radical (unpaired) electrons. The Morgan fingerprint density at radius 2 is 2.06 bits per heavy atom. The summed E-state index contributed by atoms with van der Waals surface area (Å²) >= 11 is 0. The van der Waals surface area contributed by atoms with E-state index in [-0.39, 0.29) is 11.8 Å². The van der Waals surface area contributed by atoms with Gasteiger partial charge in [0.15, 0.2) is 0 Å². The Morgan fingerprint density at radius 3 is 2.62 bits per heavy atom. The molecule has 0 aromatic carbocycles. The van der Waals surface area contributed by atoms with Gasteiger partial charge >= 0.3 is 0 Å². The lowest BCUT2D eigenvalue weighted by Gasteiger charge is -2.29. The van der Waals surface area contributed by atoms with Gasteiger partial charge in [0.2, 0.25) is 5.91 Å². The third kappa shape index (κ3) is 4.49.